The van der Waals surface area contributed by atoms with Gasteiger partial charge in [-0.1, -0.05) is 13.8 Å². The van der Waals surface area contributed by atoms with Gasteiger partial charge in [-0.15, -0.1) is 0 Å². The van der Waals surface area contributed by atoms with Gasteiger partial charge in [0.25, 0.3) is 0 Å². The molecule has 7 N–H and O–H groups in total. The van der Waals surface area contributed by atoms with E-state index in [0.29, 0.717) is 12.2 Å². The van der Waals surface area contributed by atoms with Gasteiger partial charge < -0.3 is 31.9 Å². The number of carbonyl (C=O) groups is 5. The highest BCUT2D eigenvalue weighted by atomic mass is 32.2. The number of nitrogens with two attached hydrogens (primary N) is 1. The third-order valence-corrected chi connectivity index (χ3v) is 4.39. The van der Waals surface area contributed by atoms with Gasteiger partial charge in [0.05, 0.1) is 19.0 Å². The summed E-state index contributed by atoms with van der Waals surface area (Å²) in [5, 5.41) is 24.8. The minimum atomic E-state index is -1.42. The zero-order valence-corrected chi connectivity index (χ0v) is 17.6. The fraction of sp³-hybridized carbons (Fsp3) is 0.706. The Morgan fingerprint density at radius 3 is 2.10 bits per heavy atom. The average molecular weight is 435 g/mol. The Morgan fingerprint density at radius 1 is 1.00 bits per heavy atom. The minimum absolute atomic E-state index is 0.0245. The lowest BCUT2D eigenvalue weighted by Gasteiger charge is -2.20. The first-order valence-electron chi connectivity index (χ1n) is 9.04. The van der Waals surface area contributed by atoms with E-state index in [0.717, 1.165) is 0 Å². The van der Waals surface area contributed by atoms with Crippen molar-refractivity contribution in [3.63, 3.8) is 0 Å². The highest BCUT2D eigenvalue weighted by Crippen LogP contribution is 2.05. The Morgan fingerprint density at radius 2 is 1.62 bits per heavy atom. The van der Waals surface area contributed by atoms with Crippen LogP contribution in [0.4, 0.5) is 0 Å². The smallest absolute Gasteiger partial charge is 0.326 e. The zero-order chi connectivity index (χ0) is 22.6. The molecule has 0 saturated carbocycles. The summed E-state index contributed by atoms with van der Waals surface area (Å²) in [6, 6.07) is -3.43. The highest BCUT2D eigenvalue weighted by molar-refractivity contribution is 7.98. The second kappa shape index (κ2) is 13.8. The lowest BCUT2D eigenvalue weighted by Crippen LogP contribution is -2.54. The molecule has 12 heteroatoms. The summed E-state index contributed by atoms with van der Waals surface area (Å²) in [5.74, 6) is -4.19. The maximum absolute atomic E-state index is 12.2. The molecule has 0 aromatic carbocycles. The number of hydrogen-bond acceptors (Lipinski definition) is 7. The molecule has 0 aliphatic heterocycles. The quantitative estimate of drug-likeness (QED) is 0.194. The molecule has 29 heavy (non-hydrogen) atoms. The summed E-state index contributed by atoms with van der Waals surface area (Å²) >= 11 is 1.49. The fourth-order valence-corrected chi connectivity index (χ4v) is 2.76. The number of aliphatic carboxylic acids is 2. The first-order valence-corrected chi connectivity index (χ1v) is 10.4. The summed E-state index contributed by atoms with van der Waals surface area (Å²) in [4.78, 5) is 58.3. The van der Waals surface area contributed by atoms with Crippen molar-refractivity contribution in [2.75, 3.05) is 18.6 Å². The van der Waals surface area contributed by atoms with Crippen LogP contribution in [0.25, 0.3) is 0 Å². The van der Waals surface area contributed by atoms with Crippen LogP contribution in [0.1, 0.15) is 33.1 Å². The van der Waals surface area contributed by atoms with Crippen molar-refractivity contribution in [2.24, 2.45) is 11.7 Å². The van der Waals surface area contributed by atoms with Gasteiger partial charge in [-0.2, -0.15) is 11.8 Å². The van der Waals surface area contributed by atoms with E-state index in [2.05, 4.69) is 16.0 Å². The molecule has 11 nitrogen and oxygen atoms in total. The second-order valence-electron chi connectivity index (χ2n) is 6.85. The van der Waals surface area contributed by atoms with Crippen molar-refractivity contribution in [1.82, 2.24) is 16.0 Å². The Hall–Kier alpha value is -2.34. The number of nitrogens with one attached hydrogen (secondary N) is 3. The molecule has 0 radical (unpaired) electrons. The maximum atomic E-state index is 12.2. The SMILES string of the molecule is CSCCC(N)C(=O)NC(CC(=O)O)C(=O)NCC(=O)NC(CC(C)C)C(=O)O. The van der Waals surface area contributed by atoms with Crippen molar-refractivity contribution >= 4 is 41.4 Å². The van der Waals surface area contributed by atoms with E-state index in [9.17, 15) is 24.0 Å². The summed E-state index contributed by atoms with van der Waals surface area (Å²) in [5.41, 5.74) is 5.70. The predicted molar refractivity (Wildman–Crippen MR) is 107 cm³/mol. The first kappa shape index (κ1) is 26.7. The Labute approximate surface area is 173 Å². The van der Waals surface area contributed by atoms with Crippen LogP contribution < -0.4 is 21.7 Å². The van der Waals surface area contributed by atoms with E-state index in [1.807, 2.05) is 6.26 Å². The van der Waals surface area contributed by atoms with Gasteiger partial charge in [0, 0.05) is 0 Å². The molecule has 0 rings (SSSR count). The van der Waals surface area contributed by atoms with Gasteiger partial charge in [0.1, 0.15) is 12.1 Å². The third kappa shape index (κ3) is 12.0. The lowest BCUT2D eigenvalue weighted by atomic mass is 10.0. The molecule has 0 aromatic heterocycles. The molecular formula is C17H30N4O7S. The van der Waals surface area contributed by atoms with E-state index in [1.54, 1.807) is 13.8 Å². The summed E-state index contributed by atoms with van der Waals surface area (Å²) < 4.78 is 0. The van der Waals surface area contributed by atoms with Crippen LogP contribution in [-0.2, 0) is 24.0 Å². The number of thioether (sulfide) groups is 1. The molecule has 0 aromatic rings. The molecule has 0 aliphatic carbocycles. The molecule has 0 saturated heterocycles. The number of carbonyl (C=O) groups excluding carboxylic acids is 3. The lowest BCUT2D eigenvalue weighted by molar-refractivity contribution is -0.143. The largest absolute Gasteiger partial charge is 0.481 e. The van der Waals surface area contributed by atoms with Crippen LogP contribution >= 0.6 is 11.8 Å². The van der Waals surface area contributed by atoms with Gasteiger partial charge >= 0.3 is 11.9 Å². The molecule has 0 spiro atoms. The number of carboxylic acids is 2. The maximum Gasteiger partial charge on any atom is 0.326 e. The summed E-state index contributed by atoms with van der Waals surface area (Å²) in [6.07, 6.45) is 1.70. The zero-order valence-electron chi connectivity index (χ0n) is 16.8. The summed E-state index contributed by atoms with van der Waals surface area (Å²) in [6.45, 7) is 3.03. The summed E-state index contributed by atoms with van der Waals surface area (Å²) in [7, 11) is 0. The molecular weight excluding hydrogens is 404 g/mol. The fourth-order valence-electron chi connectivity index (χ4n) is 2.27. The van der Waals surface area contributed by atoms with Crippen molar-refractivity contribution in [2.45, 2.75) is 51.2 Å². The van der Waals surface area contributed by atoms with Crippen LogP contribution in [0, 0.1) is 5.92 Å². The third-order valence-electron chi connectivity index (χ3n) is 3.75. The van der Waals surface area contributed by atoms with E-state index in [1.165, 1.54) is 11.8 Å². The number of hydrogen-bond donors (Lipinski definition) is 6. The van der Waals surface area contributed by atoms with Gasteiger partial charge in [-0.05, 0) is 30.8 Å². The van der Waals surface area contributed by atoms with E-state index >= 15 is 0 Å². The van der Waals surface area contributed by atoms with E-state index in [-0.39, 0.29) is 12.3 Å². The van der Waals surface area contributed by atoms with E-state index < -0.39 is 60.8 Å². The van der Waals surface area contributed by atoms with Crippen LogP contribution in [0.15, 0.2) is 0 Å². The van der Waals surface area contributed by atoms with Crippen LogP contribution in [-0.4, -0.2) is 76.6 Å². The molecule has 0 fully saturated rings. The predicted octanol–water partition coefficient (Wildman–Crippen LogP) is -1.24. The van der Waals surface area contributed by atoms with Crippen molar-refractivity contribution < 1.29 is 34.2 Å². The Bertz CT molecular complexity index is 600. The number of amides is 3. The average Bonchev–Trinajstić information content (AvgIpc) is 2.61. The molecule has 166 valence electrons. The monoisotopic (exact) mass is 434 g/mol. The Balaban J connectivity index is 4.81. The van der Waals surface area contributed by atoms with Crippen LogP contribution in [0.3, 0.4) is 0 Å². The van der Waals surface area contributed by atoms with Crippen molar-refractivity contribution in [1.29, 1.82) is 0 Å². The molecule has 3 atom stereocenters. The van der Waals surface area contributed by atoms with Gasteiger partial charge in [0.15, 0.2) is 0 Å². The molecule has 3 amide bonds. The highest BCUT2D eigenvalue weighted by Gasteiger charge is 2.27. The van der Waals surface area contributed by atoms with Crippen molar-refractivity contribution in [3.05, 3.63) is 0 Å². The van der Waals surface area contributed by atoms with Crippen molar-refractivity contribution in [3.8, 4) is 0 Å². The number of rotatable bonds is 14. The topological polar surface area (TPSA) is 188 Å². The molecule has 0 aliphatic rings. The standard InChI is InChI=1S/C17H30N4O7S/c1-9(2)6-12(17(27)28)20-13(22)8-19-16(26)11(7-14(23)24)21-15(25)10(18)4-5-29-3/h9-12H,4-8,18H2,1-3H3,(H,19,26)(H,20,22)(H,21,25)(H,23,24)(H,27,28). The van der Waals surface area contributed by atoms with Crippen LogP contribution in [0.2, 0.25) is 0 Å². The molecule has 3 unspecified atom stereocenters. The molecule has 0 heterocycles. The van der Waals surface area contributed by atoms with Gasteiger partial charge in [0.2, 0.25) is 17.7 Å². The minimum Gasteiger partial charge on any atom is -0.481 e. The number of carboxylic acid groups (broad SMARTS) is 2. The first-order chi connectivity index (χ1) is 13.5. The van der Waals surface area contributed by atoms with Gasteiger partial charge in [-0.3, -0.25) is 19.2 Å². The van der Waals surface area contributed by atoms with Crippen LogP contribution in [0.5, 0.6) is 0 Å². The second-order valence-corrected chi connectivity index (χ2v) is 7.84. The molecule has 0 bridgehead atoms. The Kier molecular flexibility index (Phi) is 12.7. The van der Waals surface area contributed by atoms with Gasteiger partial charge in [-0.25, -0.2) is 4.79 Å². The normalized spacial score (nSPS) is 13.8. The van der Waals surface area contributed by atoms with E-state index in [4.69, 9.17) is 15.9 Å².